The lowest BCUT2D eigenvalue weighted by atomic mass is 9.76. The smallest absolute Gasteiger partial charge is 0.126 e. The van der Waals surface area contributed by atoms with E-state index in [0.29, 0.717) is 12.0 Å². The van der Waals surface area contributed by atoms with Gasteiger partial charge in [-0.2, -0.15) is 0 Å². The van der Waals surface area contributed by atoms with Gasteiger partial charge in [-0.05, 0) is 35.7 Å². The van der Waals surface area contributed by atoms with Gasteiger partial charge in [0.15, 0.2) is 0 Å². The van der Waals surface area contributed by atoms with Crippen molar-refractivity contribution in [1.82, 2.24) is 0 Å². The molecule has 106 valence electrons. The Morgan fingerprint density at radius 1 is 1.00 bits per heavy atom. The van der Waals surface area contributed by atoms with Crippen molar-refractivity contribution in [2.24, 2.45) is 5.73 Å². The molecule has 2 aromatic rings. The van der Waals surface area contributed by atoms with Crippen LogP contribution in [-0.4, -0.2) is 6.04 Å². The van der Waals surface area contributed by atoms with Crippen molar-refractivity contribution in [3.63, 3.8) is 0 Å². The van der Waals surface area contributed by atoms with E-state index in [2.05, 4.69) is 0 Å². The lowest BCUT2D eigenvalue weighted by Crippen LogP contribution is -2.42. The molecule has 2 N–H and O–H groups in total. The summed E-state index contributed by atoms with van der Waals surface area (Å²) in [4.78, 5) is 0. The highest BCUT2D eigenvalue weighted by Gasteiger charge is 2.29. The van der Waals surface area contributed by atoms with Gasteiger partial charge in [-0.3, -0.25) is 0 Å². The first kappa shape index (κ1) is 14.7. The molecular weight excluding hydrogens is 256 g/mol. The Morgan fingerprint density at radius 2 is 1.60 bits per heavy atom. The van der Waals surface area contributed by atoms with E-state index in [4.69, 9.17) is 5.73 Å². The molecule has 0 amide bonds. The highest BCUT2D eigenvalue weighted by Crippen LogP contribution is 2.28. The third kappa shape index (κ3) is 3.05. The van der Waals surface area contributed by atoms with Gasteiger partial charge in [0.2, 0.25) is 0 Å². The summed E-state index contributed by atoms with van der Waals surface area (Å²) in [5.74, 6) is -0.509. The minimum absolute atomic E-state index is 0.238. The maximum atomic E-state index is 13.7. The van der Waals surface area contributed by atoms with Gasteiger partial charge in [-0.1, -0.05) is 44.2 Å². The molecule has 20 heavy (non-hydrogen) atoms. The number of nitrogens with two attached hydrogens (primary N) is 1. The molecule has 0 heterocycles. The molecule has 2 aromatic carbocycles. The second-order valence-electron chi connectivity index (χ2n) is 5.63. The zero-order chi connectivity index (χ0) is 14.8. The molecule has 1 atom stereocenters. The van der Waals surface area contributed by atoms with Crippen molar-refractivity contribution in [2.45, 2.75) is 31.7 Å². The average molecular weight is 275 g/mol. The first-order valence-electron chi connectivity index (χ1n) is 6.66. The molecule has 0 bridgehead atoms. The molecule has 3 heteroatoms. The predicted octanol–water partition coefficient (Wildman–Crippen LogP) is 3.81. The Hall–Kier alpha value is -1.74. The molecule has 0 spiro atoms. The van der Waals surface area contributed by atoms with Crippen LogP contribution >= 0.6 is 0 Å². The fourth-order valence-corrected chi connectivity index (χ4v) is 2.25. The molecule has 0 radical (unpaired) electrons. The van der Waals surface area contributed by atoms with Crippen molar-refractivity contribution >= 4 is 0 Å². The summed E-state index contributed by atoms with van der Waals surface area (Å²) in [5.41, 5.74) is 7.45. The molecule has 0 saturated heterocycles. The Bertz CT molecular complexity index is 576. The van der Waals surface area contributed by atoms with Crippen molar-refractivity contribution in [3.05, 3.63) is 71.3 Å². The van der Waals surface area contributed by atoms with Crippen molar-refractivity contribution < 1.29 is 8.78 Å². The van der Waals surface area contributed by atoms with Gasteiger partial charge < -0.3 is 5.73 Å². The minimum Gasteiger partial charge on any atom is -0.327 e. The number of halogens is 2. The van der Waals surface area contributed by atoms with E-state index in [1.807, 2.05) is 13.8 Å². The normalized spacial score (nSPS) is 13.2. The molecule has 0 fully saturated rings. The first-order chi connectivity index (χ1) is 9.41. The highest BCUT2D eigenvalue weighted by atomic mass is 19.1. The van der Waals surface area contributed by atoms with Crippen LogP contribution in [0.4, 0.5) is 8.78 Å². The second-order valence-corrected chi connectivity index (χ2v) is 5.63. The molecule has 0 saturated carbocycles. The molecular formula is C17H19F2N. The summed E-state index contributed by atoms with van der Waals surface area (Å²) in [6.45, 7) is 3.98. The van der Waals surface area contributed by atoms with Gasteiger partial charge in [-0.25, -0.2) is 8.78 Å². The summed E-state index contributed by atoms with van der Waals surface area (Å²) >= 11 is 0. The maximum Gasteiger partial charge on any atom is 0.126 e. The standard InChI is InChI=1S/C17H19F2N/c1-17(2,13-7-9-14(18)10-8-13)16(20)11-12-5-3-4-6-15(12)19/h3-10,16H,11,20H2,1-2H3. The van der Waals surface area contributed by atoms with Crippen LogP contribution in [0.15, 0.2) is 48.5 Å². The van der Waals surface area contributed by atoms with E-state index in [-0.39, 0.29) is 23.1 Å². The molecule has 1 unspecified atom stereocenters. The van der Waals surface area contributed by atoms with E-state index in [9.17, 15) is 8.78 Å². The summed E-state index contributed by atoms with van der Waals surface area (Å²) in [7, 11) is 0. The second kappa shape index (κ2) is 5.71. The van der Waals surface area contributed by atoms with Crippen LogP contribution in [0.5, 0.6) is 0 Å². The Kier molecular flexibility index (Phi) is 4.19. The van der Waals surface area contributed by atoms with Crippen LogP contribution in [0.1, 0.15) is 25.0 Å². The van der Waals surface area contributed by atoms with Crippen LogP contribution in [0.3, 0.4) is 0 Å². The van der Waals surface area contributed by atoms with Gasteiger partial charge in [0.05, 0.1) is 0 Å². The summed E-state index contributed by atoms with van der Waals surface area (Å²) in [6.07, 6.45) is 0.442. The molecule has 0 aliphatic carbocycles. The van der Waals surface area contributed by atoms with E-state index < -0.39 is 0 Å². The van der Waals surface area contributed by atoms with E-state index >= 15 is 0 Å². The average Bonchev–Trinajstić information content (AvgIpc) is 2.41. The maximum absolute atomic E-state index is 13.7. The van der Waals surface area contributed by atoms with Crippen molar-refractivity contribution in [3.8, 4) is 0 Å². The van der Waals surface area contributed by atoms with Gasteiger partial charge in [0.1, 0.15) is 11.6 Å². The monoisotopic (exact) mass is 275 g/mol. The van der Waals surface area contributed by atoms with Gasteiger partial charge in [0, 0.05) is 11.5 Å². The molecule has 0 aromatic heterocycles. The summed E-state index contributed by atoms with van der Waals surface area (Å²) < 4.78 is 26.7. The SMILES string of the molecule is CC(C)(c1ccc(F)cc1)C(N)Cc1ccccc1F. The Labute approximate surface area is 118 Å². The fraction of sp³-hybridized carbons (Fsp3) is 0.294. The van der Waals surface area contributed by atoms with Gasteiger partial charge in [-0.15, -0.1) is 0 Å². The zero-order valence-corrected chi connectivity index (χ0v) is 11.7. The molecule has 2 rings (SSSR count). The molecule has 1 nitrogen and oxygen atoms in total. The lowest BCUT2D eigenvalue weighted by molar-refractivity contribution is 0.401. The number of hydrogen-bond donors (Lipinski definition) is 1. The number of benzene rings is 2. The largest absolute Gasteiger partial charge is 0.327 e. The number of hydrogen-bond acceptors (Lipinski definition) is 1. The quantitative estimate of drug-likeness (QED) is 0.902. The lowest BCUT2D eigenvalue weighted by Gasteiger charge is -2.32. The minimum atomic E-state index is -0.365. The van der Waals surface area contributed by atoms with Crippen LogP contribution in [-0.2, 0) is 11.8 Å². The summed E-state index contributed by atoms with van der Waals surface area (Å²) in [5, 5.41) is 0. The Balaban J connectivity index is 2.21. The fourth-order valence-electron chi connectivity index (χ4n) is 2.25. The van der Waals surface area contributed by atoms with Crippen molar-refractivity contribution in [1.29, 1.82) is 0 Å². The third-order valence-electron chi connectivity index (χ3n) is 3.91. The topological polar surface area (TPSA) is 26.0 Å². The van der Waals surface area contributed by atoms with Gasteiger partial charge >= 0.3 is 0 Å². The van der Waals surface area contributed by atoms with Crippen LogP contribution in [0.2, 0.25) is 0 Å². The number of rotatable bonds is 4. The van der Waals surface area contributed by atoms with Crippen molar-refractivity contribution in [2.75, 3.05) is 0 Å². The first-order valence-corrected chi connectivity index (χ1v) is 6.66. The molecule has 0 aliphatic rings. The van der Waals surface area contributed by atoms with E-state index in [1.54, 1.807) is 30.3 Å². The van der Waals surface area contributed by atoms with Crippen LogP contribution < -0.4 is 5.73 Å². The van der Waals surface area contributed by atoms with E-state index in [0.717, 1.165) is 5.56 Å². The summed E-state index contributed by atoms with van der Waals surface area (Å²) in [6, 6.07) is 12.7. The Morgan fingerprint density at radius 3 is 2.20 bits per heavy atom. The highest BCUT2D eigenvalue weighted by molar-refractivity contribution is 5.28. The van der Waals surface area contributed by atoms with E-state index in [1.165, 1.54) is 18.2 Å². The van der Waals surface area contributed by atoms with Crippen LogP contribution in [0.25, 0.3) is 0 Å². The third-order valence-corrected chi connectivity index (χ3v) is 3.91. The van der Waals surface area contributed by atoms with Gasteiger partial charge in [0.25, 0.3) is 0 Å². The zero-order valence-electron chi connectivity index (χ0n) is 11.7. The molecule has 0 aliphatic heterocycles. The predicted molar refractivity (Wildman–Crippen MR) is 77.5 cm³/mol. The van der Waals surface area contributed by atoms with Crippen LogP contribution in [0, 0.1) is 11.6 Å².